The zero-order valence-electron chi connectivity index (χ0n) is 21.2. The molecule has 1 amide bonds. The number of ether oxygens (including phenoxy) is 2. The summed E-state index contributed by atoms with van der Waals surface area (Å²) in [6.45, 7) is 3.46. The summed E-state index contributed by atoms with van der Waals surface area (Å²) in [5.41, 5.74) is 4.51. The molecule has 0 atom stereocenters. The first kappa shape index (κ1) is 26.6. The van der Waals surface area contributed by atoms with Crippen molar-refractivity contribution in [1.29, 1.82) is 0 Å². The lowest BCUT2D eigenvalue weighted by Gasteiger charge is -2.13. The zero-order valence-corrected chi connectivity index (χ0v) is 22.7. The number of nitrogens with one attached hydrogen (secondary N) is 1. The van der Waals surface area contributed by atoms with Gasteiger partial charge in [0.1, 0.15) is 11.5 Å². The van der Waals surface area contributed by atoms with E-state index in [4.69, 9.17) is 26.1 Å². The molecule has 0 aliphatic rings. The van der Waals surface area contributed by atoms with E-state index >= 15 is 0 Å². The molecule has 0 saturated carbocycles. The van der Waals surface area contributed by atoms with Crippen LogP contribution in [0.4, 0.5) is 0 Å². The number of benzene rings is 3. The van der Waals surface area contributed by atoms with Crippen LogP contribution >= 0.6 is 23.4 Å². The van der Waals surface area contributed by atoms with Gasteiger partial charge < -0.3 is 19.4 Å². The molecular formula is C29H30ClN3O3S. The molecule has 192 valence electrons. The molecule has 1 heterocycles. The second-order valence-corrected chi connectivity index (χ2v) is 9.75. The van der Waals surface area contributed by atoms with Crippen LogP contribution in [0.5, 0.6) is 11.5 Å². The molecule has 0 bridgehead atoms. The minimum Gasteiger partial charge on any atom is -0.497 e. The van der Waals surface area contributed by atoms with Crippen molar-refractivity contribution in [2.24, 2.45) is 0 Å². The van der Waals surface area contributed by atoms with Crippen LogP contribution in [0.3, 0.4) is 0 Å². The Hall–Kier alpha value is -3.42. The van der Waals surface area contributed by atoms with Crippen molar-refractivity contribution in [2.45, 2.75) is 25.0 Å². The molecule has 1 aromatic heterocycles. The number of aromatic nitrogens is 2. The molecule has 1 N–H and O–H groups in total. The molecule has 0 unspecified atom stereocenters. The van der Waals surface area contributed by atoms with Crippen LogP contribution in [0.2, 0.25) is 5.02 Å². The topological polar surface area (TPSA) is 65.4 Å². The Balaban J connectivity index is 1.62. The zero-order chi connectivity index (χ0) is 26.2. The van der Waals surface area contributed by atoms with Crippen LogP contribution in [-0.2, 0) is 6.54 Å². The third kappa shape index (κ3) is 6.29. The molecule has 0 radical (unpaired) electrons. The summed E-state index contributed by atoms with van der Waals surface area (Å²) in [5.74, 6) is 2.09. The fourth-order valence-electron chi connectivity index (χ4n) is 4.01. The number of carbonyl (C=O) groups excluding carboxylic acids is 1. The molecule has 0 aliphatic carbocycles. The van der Waals surface area contributed by atoms with Gasteiger partial charge in [0.05, 0.1) is 36.2 Å². The van der Waals surface area contributed by atoms with E-state index in [1.807, 2.05) is 42.5 Å². The number of rotatable bonds is 11. The number of imidazole rings is 1. The van der Waals surface area contributed by atoms with Gasteiger partial charge in [0.15, 0.2) is 5.16 Å². The predicted octanol–water partition coefficient (Wildman–Crippen LogP) is 6.82. The summed E-state index contributed by atoms with van der Waals surface area (Å²) in [5, 5.41) is 4.31. The summed E-state index contributed by atoms with van der Waals surface area (Å²) in [6, 6.07) is 23.1. The molecule has 0 fully saturated rings. The highest BCUT2D eigenvalue weighted by molar-refractivity contribution is 7.99. The van der Waals surface area contributed by atoms with E-state index in [0.29, 0.717) is 22.9 Å². The Morgan fingerprint density at radius 3 is 2.16 bits per heavy atom. The van der Waals surface area contributed by atoms with Crippen molar-refractivity contribution in [3.05, 3.63) is 83.4 Å². The second kappa shape index (κ2) is 12.7. The van der Waals surface area contributed by atoms with E-state index < -0.39 is 0 Å². The van der Waals surface area contributed by atoms with Gasteiger partial charge in [-0.15, -0.1) is 0 Å². The first-order valence-corrected chi connectivity index (χ1v) is 13.5. The van der Waals surface area contributed by atoms with Crippen LogP contribution < -0.4 is 14.8 Å². The first-order chi connectivity index (χ1) is 18.0. The van der Waals surface area contributed by atoms with E-state index in [9.17, 15) is 4.79 Å². The Bertz CT molecular complexity index is 1340. The number of hydrogen-bond donors (Lipinski definition) is 1. The summed E-state index contributed by atoms with van der Waals surface area (Å²) in [4.78, 5) is 17.6. The Labute approximate surface area is 227 Å². The van der Waals surface area contributed by atoms with Crippen LogP contribution in [0, 0.1) is 0 Å². The predicted molar refractivity (Wildman–Crippen MR) is 151 cm³/mol. The smallest absolute Gasteiger partial charge is 0.252 e. The maximum absolute atomic E-state index is 12.5. The molecule has 4 aromatic rings. The highest BCUT2D eigenvalue weighted by Gasteiger charge is 2.20. The highest BCUT2D eigenvalue weighted by atomic mass is 35.5. The largest absolute Gasteiger partial charge is 0.497 e. The monoisotopic (exact) mass is 535 g/mol. The normalized spacial score (nSPS) is 10.8. The van der Waals surface area contributed by atoms with Gasteiger partial charge in [0, 0.05) is 30.0 Å². The van der Waals surface area contributed by atoms with Crippen molar-refractivity contribution in [2.75, 3.05) is 26.5 Å². The minimum atomic E-state index is -0.180. The molecule has 4 rings (SSSR count). The standard InChI is InChI=1S/C29H30ClN3O3S/c1-4-18-33-27(21-11-15-23(36-3)16-12-21)26(20-9-13-22(35-2)14-10-20)32-29(33)37-19-17-31-28(34)24-7-5-6-8-25(24)30/h5-16H,4,17-19H2,1-3H3,(H,31,34). The Morgan fingerprint density at radius 2 is 1.57 bits per heavy atom. The number of halogens is 1. The van der Waals surface area contributed by atoms with Crippen LogP contribution in [-0.4, -0.2) is 42.0 Å². The summed E-state index contributed by atoms with van der Waals surface area (Å²) in [6.07, 6.45) is 0.957. The molecule has 8 heteroatoms. The average Bonchev–Trinajstić information content (AvgIpc) is 3.29. The summed E-state index contributed by atoms with van der Waals surface area (Å²) >= 11 is 7.79. The average molecular weight is 536 g/mol. The lowest BCUT2D eigenvalue weighted by atomic mass is 10.0. The third-order valence-electron chi connectivity index (χ3n) is 5.84. The number of nitrogens with zero attached hydrogens (tertiary/aromatic N) is 2. The van der Waals surface area contributed by atoms with E-state index in [1.165, 1.54) is 0 Å². The number of methoxy groups -OCH3 is 2. The Morgan fingerprint density at radius 1 is 0.946 bits per heavy atom. The maximum Gasteiger partial charge on any atom is 0.252 e. The fraction of sp³-hybridized carbons (Fsp3) is 0.241. The van der Waals surface area contributed by atoms with E-state index in [-0.39, 0.29) is 5.91 Å². The van der Waals surface area contributed by atoms with Crippen molar-refractivity contribution < 1.29 is 14.3 Å². The van der Waals surface area contributed by atoms with Gasteiger partial charge in [0.2, 0.25) is 0 Å². The SMILES string of the molecule is CCCn1c(SCCNC(=O)c2ccccc2Cl)nc(-c2ccc(OC)cc2)c1-c1ccc(OC)cc1. The van der Waals surface area contributed by atoms with Gasteiger partial charge in [-0.25, -0.2) is 4.98 Å². The van der Waals surface area contributed by atoms with Crippen LogP contribution in [0.25, 0.3) is 22.5 Å². The minimum absolute atomic E-state index is 0.180. The molecule has 3 aromatic carbocycles. The first-order valence-electron chi connectivity index (χ1n) is 12.1. The second-order valence-electron chi connectivity index (χ2n) is 8.28. The van der Waals surface area contributed by atoms with Crippen LogP contribution in [0.1, 0.15) is 23.7 Å². The maximum atomic E-state index is 12.5. The van der Waals surface area contributed by atoms with Gasteiger partial charge in [0.25, 0.3) is 5.91 Å². The van der Waals surface area contributed by atoms with Crippen molar-refractivity contribution in [3.63, 3.8) is 0 Å². The molecule has 0 aliphatic heterocycles. The van der Waals surface area contributed by atoms with Crippen molar-refractivity contribution in [1.82, 2.24) is 14.9 Å². The van der Waals surface area contributed by atoms with Gasteiger partial charge >= 0.3 is 0 Å². The third-order valence-corrected chi connectivity index (χ3v) is 7.15. The van der Waals surface area contributed by atoms with Crippen molar-refractivity contribution >= 4 is 29.3 Å². The Kier molecular flexibility index (Phi) is 9.14. The van der Waals surface area contributed by atoms with Crippen molar-refractivity contribution in [3.8, 4) is 34.0 Å². The molecular weight excluding hydrogens is 506 g/mol. The molecule has 0 spiro atoms. The van der Waals surface area contributed by atoms with E-state index in [2.05, 4.69) is 28.9 Å². The number of hydrogen-bond acceptors (Lipinski definition) is 5. The lowest BCUT2D eigenvalue weighted by Crippen LogP contribution is -2.26. The number of thioether (sulfide) groups is 1. The van der Waals surface area contributed by atoms with Gasteiger partial charge in [-0.3, -0.25) is 4.79 Å². The molecule has 0 saturated heterocycles. The lowest BCUT2D eigenvalue weighted by molar-refractivity contribution is 0.0956. The highest BCUT2D eigenvalue weighted by Crippen LogP contribution is 2.37. The summed E-state index contributed by atoms with van der Waals surface area (Å²) < 4.78 is 13.0. The molecule has 6 nitrogen and oxygen atoms in total. The number of amides is 1. The number of carbonyl (C=O) groups is 1. The summed E-state index contributed by atoms with van der Waals surface area (Å²) in [7, 11) is 3.32. The van der Waals surface area contributed by atoms with E-state index in [1.54, 1.807) is 44.2 Å². The van der Waals surface area contributed by atoms with E-state index in [0.717, 1.165) is 52.1 Å². The fourth-order valence-corrected chi connectivity index (χ4v) is 5.12. The van der Waals surface area contributed by atoms with Gasteiger partial charge in [-0.05, 0) is 67.1 Å². The van der Waals surface area contributed by atoms with Crippen LogP contribution in [0.15, 0.2) is 78.0 Å². The quantitative estimate of drug-likeness (QED) is 0.169. The van der Waals surface area contributed by atoms with Gasteiger partial charge in [-0.1, -0.05) is 42.4 Å². The molecule has 37 heavy (non-hydrogen) atoms. The van der Waals surface area contributed by atoms with Gasteiger partial charge in [-0.2, -0.15) is 0 Å².